The number of ether oxygens (including phenoxy) is 1. The number of halogens is 1. The summed E-state index contributed by atoms with van der Waals surface area (Å²) in [5.74, 6) is 0.649. The average molecular weight is 277 g/mol. The Morgan fingerprint density at radius 1 is 1.40 bits per heavy atom. The van der Waals surface area contributed by atoms with Gasteiger partial charge in [-0.3, -0.25) is 0 Å². The molecule has 1 heterocycles. The third kappa shape index (κ3) is 3.81. The van der Waals surface area contributed by atoms with Crippen LogP contribution in [0.5, 0.6) is 0 Å². The van der Waals surface area contributed by atoms with Gasteiger partial charge in [0.2, 0.25) is 5.95 Å². The fourth-order valence-electron chi connectivity index (χ4n) is 2.10. The minimum atomic E-state index is -0.186. The molecule has 2 rings (SSSR count). The number of methoxy groups -OCH3 is 1. The summed E-state index contributed by atoms with van der Waals surface area (Å²) in [7, 11) is 1.68. The normalized spacial score (nSPS) is 10.8. The number of nitrogens with zero attached hydrogens (tertiary/aromatic N) is 2. The highest BCUT2D eigenvalue weighted by molar-refractivity contribution is 5.30. The molecule has 1 N–H and O–H groups in total. The van der Waals surface area contributed by atoms with E-state index in [-0.39, 0.29) is 5.82 Å². The van der Waals surface area contributed by atoms with E-state index in [0.717, 1.165) is 36.6 Å². The van der Waals surface area contributed by atoms with E-state index < -0.39 is 0 Å². The molecule has 0 aliphatic heterocycles. The summed E-state index contributed by atoms with van der Waals surface area (Å²) < 4.78 is 20.1. The first-order chi connectivity index (χ1) is 9.70. The van der Waals surface area contributed by atoms with Crippen molar-refractivity contribution < 1.29 is 9.13 Å². The molecule has 0 saturated carbocycles. The van der Waals surface area contributed by atoms with Gasteiger partial charge < -0.3 is 14.6 Å². The van der Waals surface area contributed by atoms with Gasteiger partial charge in [-0.15, -0.1) is 0 Å². The van der Waals surface area contributed by atoms with Crippen molar-refractivity contribution in [3.63, 3.8) is 0 Å². The standard InChI is InChI=1S/C15H20FN3O/c1-12-11-14(16)4-3-13(12)5-6-17-15-18-7-8-19(15)9-10-20-2/h3-4,7-8,11H,5-6,9-10H2,1-2H3,(H,17,18). The maximum Gasteiger partial charge on any atom is 0.202 e. The van der Waals surface area contributed by atoms with Gasteiger partial charge in [0.1, 0.15) is 5.82 Å². The van der Waals surface area contributed by atoms with E-state index in [0.29, 0.717) is 6.61 Å². The number of benzene rings is 1. The zero-order valence-corrected chi connectivity index (χ0v) is 11.9. The molecule has 108 valence electrons. The van der Waals surface area contributed by atoms with E-state index in [1.165, 1.54) is 6.07 Å². The van der Waals surface area contributed by atoms with Gasteiger partial charge in [0.15, 0.2) is 0 Å². The predicted molar refractivity (Wildman–Crippen MR) is 77.4 cm³/mol. The molecular formula is C15H20FN3O. The van der Waals surface area contributed by atoms with Gasteiger partial charge >= 0.3 is 0 Å². The molecule has 2 aromatic rings. The number of anilines is 1. The Morgan fingerprint density at radius 3 is 3.00 bits per heavy atom. The summed E-state index contributed by atoms with van der Waals surface area (Å²) in [5, 5.41) is 3.30. The molecule has 0 fully saturated rings. The molecule has 0 radical (unpaired) electrons. The number of rotatable bonds is 7. The number of hydrogen-bond acceptors (Lipinski definition) is 3. The summed E-state index contributed by atoms with van der Waals surface area (Å²) in [6.07, 6.45) is 4.52. The lowest BCUT2D eigenvalue weighted by molar-refractivity contribution is 0.187. The van der Waals surface area contributed by atoms with Crippen molar-refractivity contribution in [2.24, 2.45) is 0 Å². The van der Waals surface area contributed by atoms with Crippen molar-refractivity contribution in [3.8, 4) is 0 Å². The largest absolute Gasteiger partial charge is 0.383 e. The second-order valence-electron chi connectivity index (χ2n) is 4.68. The van der Waals surface area contributed by atoms with E-state index in [1.54, 1.807) is 19.4 Å². The third-order valence-corrected chi connectivity index (χ3v) is 3.23. The smallest absolute Gasteiger partial charge is 0.202 e. The van der Waals surface area contributed by atoms with Crippen molar-refractivity contribution in [2.45, 2.75) is 19.9 Å². The van der Waals surface area contributed by atoms with Crippen molar-refractivity contribution in [1.29, 1.82) is 0 Å². The van der Waals surface area contributed by atoms with Crippen LogP contribution in [-0.2, 0) is 17.7 Å². The number of hydrogen-bond donors (Lipinski definition) is 1. The quantitative estimate of drug-likeness (QED) is 0.845. The van der Waals surface area contributed by atoms with E-state index in [4.69, 9.17) is 4.74 Å². The lowest BCUT2D eigenvalue weighted by atomic mass is 10.1. The summed E-state index contributed by atoms with van der Waals surface area (Å²) in [5.41, 5.74) is 2.13. The highest BCUT2D eigenvalue weighted by Crippen LogP contribution is 2.11. The summed E-state index contributed by atoms with van der Waals surface area (Å²) in [6.45, 7) is 4.12. The SMILES string of the molecule is COCCn1ccnc1NCCc1ccc(F)cc1C. The molecule has 1 aromatic carbocycles. The van der Waals surface area contributed by atoms with E-state index in [1.807, 2.05) is 23.8 Å². The Hall–Kier alpha value is -1.88. The fraction of sp³-hybridized carbons (Fsp3) is 0.400. The first kappa shape index (κ1) is 14.5. The summed E-state index contributed by atoms with van der Waals surface area (Å²) >= 11 is 0. The van der Waals surface area contributed by atoms with Gasteiger partial charge in [0, 0.05) is 32.6 Å². The van der Waals surface area contributed by atoms with Gasteiger partial charge in [-0.2, -0.15) is 0 Å². The molecule has 0 aliphatic carbocycles. The number of aromatic nitrogens is 2. The molecule has 5 heteroatoms. The van der Waals surface area contributed by atoms with Crippen LogP contribution in [0.3, 0.4) is 0 Å². The van der Waals surface area contributed by atoms with Crippen molar-refractivity contribution >= 4 is 5.95 Å². The van der Waals surface area contributed by atoms with Gasteiger partial charge in [0.05, 0.1) is 6.61 Å². The highest BCUT2D eigenvalue weighted by Gasteiger charge is 2.03. The highest BCUT2D eigenvalue weighted by atomic mass is 19.1. The second-order valence-corrected chi connectivity index (χ2v) is 4.68. The number of nitrogens with one attached hydrogen (secondary N) is 1. The molecule has 1 aromatic heterocycles. The molecule has 0 saturated heterocycles. The molecule has 0 atom stereocenters. The van der Waals surface area contributed by atoms with E-state index >= 15 is 0 Å². The fourth-order valence-corrected chi connectivity index (χ4v) is 2.10. The van der Waals surface area contributed by atoms with Gasteiger partial charge in [-0.05, 0) is 36.6 Å². The van der Waals surface area contributed by atoms with E-state index in [9.17, 15) is 4.39 Å². The van der Waals surface area contributed by atoms with Gasteiger partial charge in [0.25, 0.3) is 0 Å². The lowest BCUT2D eigenvalue weighted by Gasteiger charge is -2.10. The van der Waals surface area contributed by atoms with E-state index in [2.05, 4.69) is 10.3 Å². The Morgan fingerprint density at radius 2 is 2.25 bits per heavy atom. The van der Waals surface area contributed by atoms with Gasteiger partial charge in [-0.25, -0.2) is 9.37 Å². The Labute approximate surface area is 118 Å². The molecule has 0 bridgehead atoms. The average Bonchev–Trinajstić information content (AvgIpc) is 2.86. The number of imidazole rings is 1. The maximum absolute atomic E-state index is 13.0. The van der Waals surface area contributed by atoms with Crippen molar-refractivity contribution in [1.82, 2.24) is 9.55 Å². The zero-order valence-electron chi connectivity index (χ0n) is 11.9. The van der Waals surface area contributed by atoms with Crippen LogP contribution in [0.1, 0.15) is 11.1 Å². The summed E-state index contributed by atoms with van der Waals surface area (Å²) in [4.78, 5) is 4.27. The summed E-state index contributed by atoms with van der Waals surface area (Å²) in [6, 6.07) is 4.90. The molecule has 4 nitrogen and oxygen atoms in total. The van der Waals surface area contributed by atoms with Crippen LogP contribution in [0, 0.1) is 12.7 Å². The van der Waals surface area contributed by atoms with Crippen molar-refractivity contribution in [3.05, 3.63) is 47.5 Å². The van der Waals surface area contributed by atoms with Crippen LogP contribution in [-0.4, -0.2) is 29.8 Å². The third-order valence-electron chi connectivity index (χ3n) is 3.23. The molecule has 0 unspecified atom stereocenters. The Bertz CT molecular complexity index is 554. The van der Waals surface area contributed by atoms with Crippen molar-refractivity contribution in [2.75, 3.05) is 25.6 Å². The monoisotopic (exact) mass is 277 g/mol. The first-order valence-electron chi connectivity index (χ1n) is 6.69. The predicted octanol–water partition coefficient (Wildman–Crippen LogP) is 2.63. The minimum Gasteiger partial charge on any atom is -0.383 e. The van der Waals surface area contributed by atoms with Crippen LogP contribution in [0.2, 0.25) is 0 Å². The van der Waals surface area contributed by atoms with Crippen LogP contribution < -0.4 is 5.32 Å². The number of aryl methyl sites for hydroxylation is 1. The zero-order chi connectivity index (χ0) is 14.4. The maximum atomic E-state index is 13.0. The van der Waals surface area contributed by atoms with Crippen LogP contribution in [0.15, 0.2) is 30.6 Å². The lowest BCUT2D eigenvalue weighted by Crippen LogP contribution is -2.12. The Balaban J connectivity index is 1.88. The molecular weight excluding hydrogens is 257 g/mol. The molecule has 20 heavy (non-hydrogen) atoms. The molecule has 0 amide bonds. The topological polar surface area (TPSA) is 39.1 Å². The second kappa shape index (κ2) is 7.05. The van der Waals surface area contributed by atoms with Crippen LogP contribution >= 0.6 is 0 Å². The Kier molecular flexibility index (Phi) is 5.12. The minimum absolute atomic E-state index is 0.186. The first-order valence-corrected chi connectivity index (χ1v) is 6.69. The molecule has 0 aliphatic rings. The van der Waals surface area contributed by atoms with Crippen LogP contribution in [0.25, 0.3) is 0 Å². The molecule has 0 spiro atoms. The van der Waals surface area contributed by atoms with Crippen LogP contribution in [0.4, 0.5) is 10.3 Å². The van der Waals surface area contributed by atoms with Gasteiger partial charge in [-0.1, -0.05) is 6.07 Å².